The lowest BCUT2D eigenvalue weighted by molar-refractivity contribution is 0.495. The zero-order valence-corrected chi connectivity index (χ0v) is 19.7. The molecule has 0 aliphatic carbocycles. The summed E-state index contributed by atoms with van der Waals surface area (Å²) in [7, 11) is 0. The van der Waals surface area contributed by atoms with Crippen LogP contribution in [0.4, 0.5) is 0 Å². The first-order valence-electron chi connectivity index (χ1n) is 10.0. The molecule has 160 valence electrons. The zero-order valence-electron chi connectivity index (χ0n) is 17.2. The molecule has 32 heavy (non-hydrogen) atoms. The third-order valence-corrected chi connectivity index (χ3v) is 7.60. The Balaban J connectivity index is 1.67. The van der Waals surface area contributed by atoms with Crippen molar-refractivity contribution in [2.24, 2.45) is 0 Å². The fourth-order valence-corrected chi connectivity index (χ4v) is 5.83. The Labute approximate surface area is 198 Å². The lowest BCUT2D eigenvalue weighted by Gasteiger charge is -2.13. The summed E-state index contributed by atoms with van der Waals surface area (Å²) in [6, 6.07) is 21.6. The second-order valence-corrected chi connectivity index (χ2v) is 9.86. The summed E-state index contributed by atoms with van der Waals surface area (Å²) in [4.78, 5) is 18.6. The molecule has 0 bridgehead atoms. The van der Waals surface area contributed by atoms with Crippen molar-refractivity contribution >= 4 is 45.7 Å². The molecule has 0 amide bonds. The number of hydrogen-bond donors (Lipinski definition) is 0. The zero-order chi connectivity index (χ0) is 22.1. The molecule has 0 aliphatic heterocycles. The predicted octanol–water partition coefficient (Wildman–Crippen LogP) is 6.22. The largest absolute Gasteiger partial charge is 0.467 e. The Bertz CT molecular complexity index is 1500. The van der Waals surface area contributed by atoms with Crippen LogP contribution in [0.25, 0.3) is 16.0 Å². The summed E-state index contributed by atoms with van der Waals surface area (Å²) in [6.45, 7) is 2.53. The molecule has 0 saturated heterocycles. The van der Waals surface area contributed by atoms with E-state index < -0.39 is 0 Å². The van der Waals surface area contributed by atoms with E-state index in [1.54, 1.807) is 22.6 Å². The number of nitrogens with zero attached hydrogens (tertiary/aromatic N) is 3. The van der Waals surface area contributed by atoms with Crippen LogP contribution < -0.4 is 5.56 Å². The van der Waals surface area contributed by atoms with Crippen molar-refractivity contribution in [3.05, 3.63) is 104 Å². The van der Waals surface area contributed by atoms with E-state index in [-0.39, 0.29) is 5.56 Å². The van der Waals surface area contributed by atoms with Gasteiger partial charge < -0.3 is 4.42 Å². The van der Waals surface area contributed by atoms with Gasteiger partial charge in [0.1, 0.15) is 10.5 Å². The summed E-state index contributed by atoms with van der Waals surface area (Å²) in [5.41, 5.74) is 3.70. The van der Waals surface area contributed by atoms with E-state index in [9.17, 15) is 4.79 Å². The molecule has 0 fully saturated rings. The highest BCUT2D eigenvalue weighted by Gasteiger charge is 2.19. The predicted molar refractivity (Wildman–Crippen MR) is 133 cm³/mol. The van der Waals surface area contributed by atoms with Gasteiger partial charge in [0.15, 0.2) is 14.8 Å². The number of para-hydroxylation sites is 1. The van der Waals surface area contributed by atoms with Gasteiger partial charge in [0.25, 0.3) is 5.56 Å². The summed E-state index contributed by atoms with van der Waals surface area (Å²) in [6.07, 6.45) is 1.63. The first-order chi connectivity index (χ1) is 15.6. The van der Waals surface area contributed by atoms with Crippen molar-refractivity contribution in [2.45, 2.75) is 24.4 Å². The lowest BCUT2D eigenvalue weighted by atomic mass is 10.1. The monoisotopic (exact) mass is 477 g/mol. The van der Waals surface area contributed by atoms with Crippen molar-refractivity contribution in [1.29, 1.82) is 0 Å². The second kappa shape index (κ2) is 8.90. The van der Waals surface area contributed by atoms with E-state index in [4.69, 9.17) is 21.6 Å². The number of aromatic nitrogens is 3. The lowest BCUT2D eigenvalue weighted by Crippen LogP contribution is -2.21. The molecule has 3 heterocycles. The number of aryl methyl sites for hydroxylation is 1. The molecule has 0 aliphatic rings. The molecule has 0 atom stereocenters. The van der Waals surface area contributed by atoms with Gasteiger partial charge in [-0.3, -0.25) is 13.9 Å². The van der Waals surface area contributed by atoms with Gasteiger partial charge >= 0.3 is 0 Å². The van der Waals surface area contributed by atoms with Crippen LogP contribution in [0.2, 0.25) is 0 Å². The van der Waals surface area contributed by atoms with Crippen molar-refractivity contribution < 1.29 is 4.42 Å². The fraction of sp³-hybridized carbons (Fsp3) is 0.125. The van der Waals surface area contributed by atoms with E-state index in [1.165, 1.54) is 22.5 Å². The van der Waals surface area contributed by atoms with Crippen molar-refractivity contribution in [3.63, 3.8) is 0 Å². The quantitative estimate of drug-likeness (QED) is 0.165. The van der Waals surface area contributed by atoms with E-state index in [2.05, 4.69) is 19.1 Å². The number of furan rings is 1. The number of thiazole rings is 1. The van der Waals surface area contributed by atoms with Gasteiger partial charge in [-0.05, 0) is 54.5 Å². The number of rotatable bonds is 6. The van der Waals surface area contributed by atoms with Gasteiger partial charge in [-0.1, -0.05) is 65.6 Å². The molecule has 5 rings (SSSR count). The first kappa shape index (κ1) is 20.9. The maximum atomic E-state index is 13.6. The Morgan fingerprint density at radius 1 is 1.06 bits per heavy atom. The van der Waals surface area contributed by atoms with E-state index >= 15 is 0 Å². The molecule has 5 aromatic rings. The van der Waals surface area contributed by atoms with Crippen molar-refractivity contribution in [1.82, 2.24) is 14.1 Å². The summed E-state index contributed by atoms with van der Waals surface area (Å²) in [5.74, 6) is 1.48. The number of fused-ring (bicyclic) bond motifs is 1. The van der Waals surface area contributed by atoms with E-state index in [0.717, 1.165) is 11.4 Å². The standard InChI is InChI=1S/C24H19N3O2S3/c1-16-8-5-6-9-17(16)15-31-23-25-21-20(22(28)27(23)18-10-3-2-4-11-18)32-24(30)26(21)14-19-12-7-13-29-19/h2-13H,14-15H2,1H3. The molecule has 0 saturated carbocycles. The van der Waals surface area contributed by atoms with Crippen LogP contribution in [-0.4, -0.2) is 14.1 Å². The highest BCUT2D eigenvalue weighted by Crippen LogP contribution is 2.28. The summed E-state index contributed by atoms with van der Waals surface area (Å²) < 4.78 is 10.2. The van der Waals surface area contributed by atoms with Crippen molar-refractivity contribution in [3.8, 4) is 5.69 Å². The van der Waals surface area contributed by atoms with Gasteiger partial charge in [0, 0.05) is 5.75 Å². The molecule has 8 heteroatoms. The molecule has 0 unspecified atom stereocenters. The van der Waals surface area contributed by atoms with Gasteiger partial charge in [-0.2, -0.15) is 0 Å². The van der Waals surface area contributed by atoms with Crippen LogP contribution in [0, 0.1) is 10.9 Å². The highest BCUT2D eigenvalue weighted by atomic mass is 32.2. The normalized spacial score (nSPS) is 11.3. The van der Waals surface area contributed by atoms with Crippen LogP contribution in [0.1, 0.15) is 16.9 Å². The van der Waals surface area contributed by atoms with Crippen molar-refractivity contribution in [2.75, 3.05) is 0 Å². The molecular formula is C24H19N3O2S3. The van der Waals surface area contributed by atoms with Gasteiger partial charge in [-0.15, -0.1) is 0 Å². The van der Waals surface area contributed by atoms with E-state index in [0.29, 0.717) is 31.8 Å². The summed E-state index contributed by atoms with van der Waals surface area (Å²) >= 11 is 8.43. The van der Waals surface area contributed by atoms with Crippen LogP contribution in [0.5, 0.6) is 0 Å². The number of thioether (sulfide) groups is 1. The molecule has 2 aromatic carbocycles. The third kappa shape index (κ3) is 3.97. The fourth-order valence-electron chi connectivity index (χ4n) is 3.49. The molecule has 0 spiro atoms. The average molecular weight is 478 g/mol. The molecule has 0 N–H and O–H groups in total. The Kier molecular flexibility index (Phi) is 5.82. The molecular weight excluding hydrogens is 458 g/mol. The minimum absolute atomic E-state index is 0.109. The van der Waals surface area contributed by atoms with Gasteiger partial charge in [-0.25, -0.2) is 4.98 Å². The Hall–Kier alpha value is -2.94. The Morgan fingerprint density at radius 3 is 2.59 bits per heavy atom. The van der Waals surface area contributed by atoms with Crippen LogP contribution in [0.15, 0.2) is 87.4 Å². The second-order valence-electron chi connectivity index (χ2n) is 7.27. The van der Waals surface area contributed by atoms with E-state index in [1.807, 2.05) is 59.2 Å². The topological polar surface area (TPSA) is 53.0 Å². The summed E-state index contributed by atoms with van der Waals surface area (Å²) in [5, 5.41) is 0.637. The maximum absolute atomic E-state index is 13.6. The highest BCUT2D eigenvalue weighted by molar-refractivity contribution is 7.98. The third-order valence-electron chi connectivity index (χ3n) is 5.19. The van der Waals surface area contributed by atoms with Gasteiger partial charge in [0.2, 0.25) is 0 Å². The SMILES string of the molecule is Cc1ccccc1CSc1nc2c(sc(=S)n2Cc2ccco2)c(=O)n1-c1ccccc1. The smallest absolute Gasteiger partial charge is 0.278 e. The molecule has 3 aromatic heterocycles. The van der Waals surface area contributed by atoms with Crippen LogP contribution in [0.3, 0.4) is 0 Å². The average Bonchev–Trinajstić information content (AvgIpc) is 3.43. The number of benzene rings is 2. The number of hydrogen-bond acceptors (Lipinski definition) is 6. The minimum Gasteiger partial charge on any atom is -0.467 e. The molecule has 5 nitrogen and oxygen atoms in total. The van der Waals surface area contributed by atoms with Crippen LogP contribution in [-0.2, 0) is 12.3 Å². The first-order valence-corrected chi connectivity index (χ1v) is 12.2. The Morgan fingerprint density at radius 2 is 1.84 bits per heavy atom. The van der Waals surface area contributed by atoms with Crippen LogP contribution >= 0.6 is 35.3 Å². The minimum atomic E-state index is -0.109. The van der Waals surface area contributed by atoms with Gasteiger partial charge in [0.05, 0.1) is 18.5 Å². The molecule has 0 radical (unpaired) electrons. The maximum Gasteiger partial charge on any atom is 0.278 e.